The number of carbonyl (C=O) groups excluding carboxylic acids is 1. The molecule has 1 aliphatic heterocycles. The number of ether oxygens (including phenoxy) is 1. The Labute approximate surface area is 104 Å². The van der Waals surface area contributed by atoms with Crippen LogP contribution in [0, 0.1) is 0 Å². The molecular weight excluding hydrogens is 216 g/mol. The Kier molecular flexibility index (Phi) is 6.22. The second kappa shape index (κ2) is 7.45. The molecular formula is C13H24N2O2. The minimum atomic E-state index is -0.261. The highest BCUT2D eigenvalue weighted by Crippen LogP contribution is 2.06. The van der Waals surface area contributed by atoms with Gasteiger partial charge >= 0.3 is 5.97 Å². The minimum Gasteiger partial charge on any atom is -0.463 e. The molecule has 0 amide bonds. The first-order valence-electron chi connectivity index (χ1n) is 6.47. The molecule has 1 rings (SSSR count). The maximum Gasteiger partial charge on any atom is 0.334 e. The van der Waals surface area contributed by atoms with Gasteiger partial charge in [-0.15, -0.1) is 0 Å². The normalized spacial score (nSPS) is 18.0. The van der Waals surface area contributed by atoms with E-state index in [9.17, 15) is 4.79 Å². The lowest BCUT2D eigenvalue weighted by Crippen LogP contribution is -2.47. The Morgan fingerprint density at radius 3 is 2.29 bits per heavy atom. The molecule has 0 aliphatic carbocycles. The van der Waals surface area contributed by atoms with Crippen molar-refractivity contribution in [3.63, 3.8) is 0 Å². The summed E-state index contributed by atoms with van der Waals surface area (Å²) < 4.78 is 4.93. The van der Waals surface area contributed by atoms with E-state index >= 15 is 0 Å². The third-order valence-electron chi connectivity index (χ3n) is 2.98. The van der Waals surface area contributed by atoms with Crippen LogP contribution in [0.15, 0.2) is 12.2 Å². The maximum atomic E-state index is 11.4. The van der Waals surface area contributed by atoms with Crippen molar-refractivity contribution in [1.29, 1.82) is 0 Å². The smallest absolute Gasteiger partial charge is 0.334 e. The molecule has 0 aromatic rings. The number of rotatable bonds is 6. The predicted molar refractivity (Wildman–Crippen MR) is 68.9 cm³/mol. The van der Waals surface area contributed by atoms with Crippen molar-refractivity contribution in [2.75, 3.05) is 45.9 Å². The van der Waals surface area contributed by atoms with Crippen molar-refractivity contribution in [2.45, 2.75) is 20.3 Å². The lowest BCUT2D eigenvalue weighted by Gasteiger charge is -2.34. The topological polar surface area (TPSA) is 32.8 Å². The standard InChI is InChI=1S/C13H24N2O2/c1-4-6-14-7-9-15(10-8-14)11-12(3)13(16)17-5-2/h3-11H2,1-2H3. The van der Waals surface area contributed by atoms with E-state index in [-0.39, 0.29) is 5.97 Å². The van der Waals surface area contributed by atoms with Gasteiger partial charge in [-0.25, -0.2) is 4.79 Å². The van der Waals surface area contributed by atoms with Gasteiger partial charge in [0.1, 0.15) is 0 Å². The molecule has 0 atom stereocenters. The zero-order valence-corrected chi connectivity index (χ0v) is 11.1. The lowest BCUT2D eigenvalue weighted by molar-refractivity contribution is -0.138. The van der Waals surface area contributed by atoms with Crippen molar-refractivity contribution in [1.82, 2.24) is 9.80 Å². The highest BCUT2D eigenvalue weighted by molar-refractivity contribution is 5.88. The summed E-state index contributed by atoms with van der Waals surface area (Å²) in [6.07, 6.45) is 1.20. The van der Waals surface area contributed by atoms with Gasteiger partial charge in [0.25, 0.3) is 0 Å². The molecule has 0 unspecified atom stereocenters. The monoisotopic (exact) mass is 240 g/mol. The molecule has 4 heteroatoms. The fourth-order valence-electron chi connectivity index (χ4n) is 2.05. The Bertz CT molecular complexity index is 258. The fourth-order valence-corrected chi connectivity index (χ4v) is 2.05. The molecule has 17 heavy (non-hydrogen) atoms. The van der Waals surface area contributed by atoms with Crippen molar-refractivity contribution < 1.29 is 9.53 Å². The van der Waals surface area contributed by atoms with Crippen molar-refractivity contribution in [3.05, 3.63) is 12.2 Å². The zero-order chi connectivity index (χ0) is 12.7. The van der Waals surface area contributed by atoms with E-state index in [0.29, 0.717) is 18.7 Å². The van der Waals surface area contributed by atoms with E-state index in [0.717, 1.165) is 26.2 Å². The van der Waals surface area contributed by atoms with Gasteiger partial charge in [0, 0.05) is 38.3 Å². The first-order chi connectivity index (χ1) is 8.17. The van der Waals surface area contributed by atoms with Crippen LogP contribution in [0.5, 0.6) is 0 Å². The molecule has 1 fully saturated rings. The summed E-state index contributed by atoms with van der Waals surface area (Å²) >= 11 is 0. The van der Waals surface area contributed by atoms with Gasteiger partial charge in [0.2, 0.25) is 0 Å². The average Bonchev–Trinajstić information content (AvgIpc) is 2.32. The molecule has 0 radical (unpaired) electrons. The predicted octanol–water partition coefficient (Wildman–Crippen LogP) is 1.13. The molecule has 4 nitrogen and oxygen atoms in total. The van der Waals surface area contributed by atoms with Gasteiger partial charge < -0.3 is 9.64 Å². The third-order valence-corrected chi connectivity index (χ3v) is 2.98. The van der Waals surface area contributed by atoms with Gasteiger partial charge in [-0.05, 0) is 19.9 Å². The average molecular weight is 240 g/mol. The van der Waals surface area contributed by atoms with Crippen LogP contribution in [-0.4, -0.2) is 61.6 Å². The van der Waals surface area contributed by atoms with Crippen LogP contribution in [0.25, 0.3) is 0 Å². The number of esters is 1. The van der Waals surface area contributed by atoms with Gasteiger partial charge in [-0.1, -0.05) is 13.5 Å². The number of nitrogens with zero attached hydrogens (tertiary/aromatic N) is 2. The van der Waals surface area contributed by atoms with Crippen molar-refractivity contribution >= 4 is 5.97 Å². The second-order valence-electron chi connectivity index (χ2n) is 4.44. The summed E-state index contributed by atoms with van der Waals surface area (Å²) in [7, 11) is 0. The molecule has 1 aliphatic rings. The first kappa shape index (κ1) is 14.2. The molecule has 1 saturated heterocycles. The minimum absolute atomic E-state index is 0.261. The summed E-state index contributed by atoms with van der Waals surface area (Å²) in [6, 6.07) is 0. The van der Waals surface area contributed by atoms with E-state index in [1.807, 2.05) is 6.92 Å². The van der Waals surface area contributed by atoms with E-state index in [1.165, 1.54) is 13.0 Å². The summed E-state index contributed by atoms with van der Waals surface area (Å²) in [5.41, 5.74) is 0.566. The van der Waals surface area contributed by atoms with Gasteiger partial charge in [0.05, 0.1) is 6.61 Å². The second-order valence-corrected chi connectivity index (χ2v) is 4.44. The summed E-state index contributed by atoms with van der Waals surface area (Å²) in [5, 5.41) is 0. The van der Waals surface area contributed by atoms with E-state index < -0.39 is 0 Å². The third kappa shape index (κ3) is 4.88. The Morgan fingerprint density at radius 2 is 1.76 bits per heavy atom. The molecule has 0 bridgehead atoms. The molecule has 98 valence electrons. The number of hydrogen-bond donors (Lipinski definition) is 0. The lowest BCUT2D eigenvalue weighted by atomic mass is 10.2. The van der Waals surface area contributed by atoms with E-state index in [1.54, 1.807) is 0 Å². The van der Waals surface area contributed by atoms with Crippen LogP contribution in [0.1, 0.15) is 20.3 Å². The molecule has 0 aromatic heterocycles. The van der Waals surface area contributed by atoms with Crippen molar-refractivity contribution in [2.24, 2.45) is 0 Å². The zero-order valence-electron chi connectivity index (χ0n) is 11.1. The van der Waals surface area contributed by atoms with Crippen molar-refractivity contribution in [3.8, 4) is 0 Å². The SMILES string of the molecule is C=C(CN1CCN(CCC)CC1)C(=O)OCC. The van der Waals surface area contributed by atoms with Crippen LogP contribution in [0.3, 0.4) is 0 Å². The van der Waals surface area contributed by atoms with Gasteiger partial charge in [-0.3, -0.25) is 4.90 Å². The summed E-state index contributed by atoms with van der Waals surface area (Å²) in [5.74, 6) is -0.261. The maximum absolute atomic E-state index is 11.4. The van der Waals surface area contributed by atoms with E-state index in [2.05, 4.69) is 23.3 Å². The van der Waals surface area contributed by atoms with Crippen LogP contribution in [0.4, 0.5) is 0 Å². The molecule has 0 aromatic carbocycles. The summed E-state index contributed by atoms with van der Waals surface area (Å²) in [4.78, 5) is 16.2. The Hall–Kier alpha value is -0.870. The largest absolute Gasteiger partial charge is 0.463 e. The van der Waals surface area contributed by atoms with Crippen LogP contribution < -0.4 is 0 Å². The van der Waals surface area contributed by atoms with Crippen LogP contribution in [0.2, 0.25) is 0 Å². The van der Waals surface area contributed by atoms with Crippen LogP contribution >= 0.6 is 0 Å². The number of hydrogen-bond acceptors (Lipinski definition) is 4. The molecule has 1 heterocycles. The number of piperazine rings is 1. The summed E-state index contributed by atoms with van der Waals surface area (Å²) in [6.45, 7) is 14.2. The van der Waals surface area contributed by atoms with Crippen LogP contribution in [-0.2, 0) is 9.53 Å². The van der Waals surface area contributed by atoms with E-state index in [4.69, 9.17) is 4.74 Å². The quantitative estimate of drug-likeness (QED) is 0.515. The first-order valence-corrected chi connectivity index (χ1v) is 6.47. The number of carbonyl (C=O) groups is 1. The highest BCUT2D eigenvalue weighted by Gasteiger charge is 2.18. The Morgan fingerprint density at radius 1 is 1.18 bits per heavy atom. The van der Waals surface area contributed by atoms with Gasteiger partial charge in [0.15, 0.2) is 0 Å². The Balaban J connectivity index is 2.25. The highest BCUT2D eigenvalue weighted by atomic mass is 16.5. The molecule has 0 saturated carbocycles. The van der Waals surface area contributed by atoms with Gasteiger partial charge in [-0.2, -0.15) is 0 Å². The fraction of sp³-hybridized carbons (Fsp3) is 0.769. The molecule has 0 spiro atoms. The molecule has 0 N–H and O–H groups in total.